The third kappa shape index (κ3) is 3.75. The van der Waals surface area contributed by atoms with E-state index in [-0.39, 0.29) is 12.5 Å². The Hall–Kier alpha value is -2.07. The van der Waals surface area contributed by atoms with Crippen molar-refractivity contribution in [2.45, 2.75) is 0 Å². The van der Waals surface area contributed by atoms with E-state index in [0.29, 0.717) is 16.7 Å². The average Bonchev–Trinajstić information content (AvgIpc) is 2.38. The molecule has 1 amide bonds. The molecular formula is C13H11ClN2O2. The summed E-state index contributed by atoms with van der Waals surface area (Å²) >= 11 is 5.71. The van der Waals surface area contributed by atoms with E-state index in [2.05, 4.69) is 10.3 Å². The number of pyridine rings is 1. The molecule has 0 unspecified atom stereocenters. The summed E-state index contributed by atoms with van der Waals surface area (Å²) in [5.74, 6) is 0.768. The fourth-order valence-corrected chi connectivity index (χ4v) is 1.49. The van der Waals surface area contributed by atoms with Crippen LogP contribution in [0.3, 0.4) is 0 Å². The van der Waals surface area contributed by atoms with Gasteiger partial charge in [-0.05, 0) is 24.3 Å². The van der Waals surface area contributed by atoms with Crippen LogP contribution in [-0.2, 0) is 4.79 Å². The van der Waals surface area contributed by atoms with Crippen molar-refractivity contribution in [3.05, 3.63) is 53.7 Å². The number of nitrogens with zero attached hydrogens (tertiary/aromatic N) is 1. The van der Waals surface area contributed by atoms with Crippen LogP contribution in [0.1, 0.15) is 0 Å². The first-order valence-electron chi connectivity index (χ1n) is 5.34. The second-order valence-electron chi connectivity index (χ2n) is 3.50. The molecule has 92 valence electrons. The van der Waals surface area contributed by atoms with E-state index in [0.717, 1.165) is 0 Å². The molecule has 0 aliphatic carbocycles. The topological polar surface area (TPSA) is 51.2 Å². The van der Waals surface area contributed by atoms with Gasteiger partial charge in [-0.2, -0.15) is 0 Å². The Morgan fingerprint density at radius 2 is 1.94 bits per heavy atom. The minimum Gasteiger partial charge on any atom is -0.484 e. The molecule has 0 radical (unpaired) electrons. The fraction of sp³-hybridized carbons (Fsp3) is 0.0769. The second-order valence-corrected chi connectivity index (χ2v) is 3.88. The lowest BCUT2D eigenvalue weighted by Crippen LogP contribution is -2.20. The maximum absolute atomic E-state index is 11.6. The number of rotatable bonds is 4. The summed E-state index contributed by atoms with van der Waals surface area (Å²) in [5, 5.41) is 2.92. The SMILES string of the molecule is O=C(COc1ccccc1)Nc1cccc(Cl)n1. The summed E-state index contributed by atoms with van der Waals surface area (Å²) in [6, 6.07) is 14.1. The van der Waals surface area contributed by atoms with Crippen LogP contribution in [0.5, 0.6) is 5.75 Å². The molecular weight excluding hydrogens is 252 g/mol. The van der Waals surface area contributed by atoms with E-state index in [4.69, 9.17) is 16.3 Å². The van der Waals surface area contributed by atoms with Crippen molar-refractivity contribution in [3.8, 4) is 5.75 Å². The van der Waals surface area contributed by atoms with Gasteiger partial charge in [0, 0.05) is 0 Å². The average molecular weight is 263 g/mol. The van der Waals surface area contributed by atoms with Crippen LogP contribution in [-0.4, -0.2) is 17.5 Å². The van der Waals surface area contributed by atoms with Crippen LogP contribution < -0.4 is 10.1 Å². The van der Waals surface area contributed by atoms with Gasteiger partial charge < -0.3 is 10.1 Å². The summed E-state index contributed by atoms with van der Waals surface area (Å²) in [6.45, 7) is -0.0712. The van der Waals surface area contributed by atoms with Gasteiger partial charge in [0.1, 0.15) is 16.7 Å². The van der Waals surface area contributed by atoms with Crippen molar-refractivity contribution < 1.29 is 9.53 Å². The lowest BCUT2D eigenvalue weighted by Gasteiger charge is -2.06. The number of anilines is 1. The molecule has 0 aliphatic rings. The number of hydrogen-bond acceptors (Lipinski definition) is 3. The number of benzene rings is 1. The normalized spacial score (nSPS) is 9.83. The van der Waals surface area contributed by atoms with Gasteiger partial charge in [-0.1, -0.05) is 35.9 Å². The van der Waals surface area contributed by atoms with Crippen LogP contribution in [0.4, 0.5) is 5.82 Å². The van der Waals surface area contributed by atoms with Gasteiger partial charge >= 0.3 is 0 Å². The zero-order valence-corrected chi connectivity index (χ0v) is 10.2. The highest BCUT2D eigenvalue weighted by molar-refractivity contribution is 6.29. The molecule has 1 aromatic heterocycles. The number of aromatic nitrogens is 1. The van der Waals surface area contributed by atoms with Gasteiger partial charge in [-0.25, -0.2) is 4.98 Å². The van der Waals surface area contributed by atoms with Crippen molar-refractivity contribution >= 4 is 23.3 Å². The number of ether oxygens (including phenoxy) is 1. The number of halogens is 1. The standard InChI is InChI=1S/C13H11ClN2O2/c14-11-7-4-8-12(15-11)16-13(17)9-18-10-5-2-1-3-6-10/h1-8H,9H2,(H,15,16,17). The molecule has 1 aromatic carbocycles. The Morgan fingerprint density at radius 1 is 1.17 bits per heavy atom. The maximum atomic E-state index is 11.6. The highest BCUT2D eigenvalue weighted by Crippen LogP contribution is 2.10. The Balaban J connectivity index is 1.86. The molecule has 0 fully saturated rings. The van der Waals surface area contributed by atoms with Gasteiger partial charge in [0.05, 0.1) is 0 Å². The zero-order valence-electron chi connectivity index (χ0n) is 9.47. The van der Waals surface area contributed by atoms with Gasteiger partial charge in [-0.3, -0.25) is 4.79 Å². The second kappa shape index (κ2) is 6.02. The molecule has 0 saturated heterocycles. The number of carbonyl (C=O) groups is 1. The van der Waals surface area contributed by atoms with Crippen molar-refractivity contribution in [3.63, 3.8) is 0 Å². The Labute approximate surface area is 110 Å². The van der Waals surface area contributed by atoms with E-state index in [1.165, 1.54) is 0 Å². The molecule has 18 heavy (non-hydrogen) atoms. The van der Waals surface area contributed by atoms with Crippen molar-refractivity contribution in [1.29, 1.82) is 0 Å². The summed E-state index contributed by atoms with van der Waals surface area (Å²) < 4.78 is 5.30. The summed E-state index contributed by atoms with van der Waals surface area (Å²) in [7, 11) is 0. The predicted octanol–water partition coefficient (Wildman–Crippen LogP) is 2.75. The number of hydrogen-bond donors (Lipinski definition) is 1. The first kappa shape index (κ1) is 12.4. The maximum Gasteiger partial charge on any atom is 0.263 e. The molecule has 0 saturated carbocycles. The molecule has 0 spiro atoms. The predicted molar refractivity (Wildman–Crippen MR) is 69.8 cm³/mol. The quantitative estimate of drug-likeness (QED) is 0.862. The van der Waals surface area contributed by atoms with Gasteiger partial charge in [0.25, 0.3) is 5.91 Å². The molecule has 0 bridgehead atoms. The Bertz CT molecular complexity index is 532. The molecule has 2 aromatic rings. The third-order valence-electron chi connectivity index (χ3n) is 2.10. The van der Waals surface area contributed by atoms with Crippen LogP contribution in [0.25, 0.3) is 0 Å². The molecule has 1 heterocycles. The van der Waals surface area contributed by atoms with Crippen LogP contribution >= 0.6 is 11.6 Å². The van der Waals surface area contributed by atoms with Crippen molar-refractivity contribution in [2.75, 3.05) is 11.9 Å². The van der Waals surface area contributed by atoms with Crippen LogP contribution in [0, 0.1) is 0 Å². The number of carbonyl (C=O) groups excluding carboxylic acids is 1. The zero-order chi connectivity index (χ0) is 12.8. The highest BCUT2D eigenvalue weighted by atomic mass is 35.5. The summed E-state index contributed by atoms with van der Waals surface area (Å²) in [5.41, 5.74) is 0. The summed E-state index contributed by atoms with van der Waals surface area (Å²) in [6.07, 6.45) is 0. The van der Waals surface area contributed by atoms with E-state index < -0.39 is 0 Å². The van der Waals surface area contributed by atoms with Crippen molar-refractivity contribution in [2.24, 2.45) is 0 Å². The molecule has 0 aliphatic heterocycles. The minimum absolute atomic E-state index is 0.0712. The molecule has 0 atom stereocenters. The lowest BCUT2D eigenvalue weighted by atomic mass is 10.3. The summed E-state index contributed by atoms with van der Waals surface area (Å²) in [4.78, 5) is 15.5. The Kier molecular flexibility index (Phi) is 4.15. The molecule has 1 N–H and O–H groups in total. The number of amides is 1. The highest BCUT2D eigenvalue weighted by Gasteiger charge is 2.04. The fourth-order valence-electron chi connectivity index (χ4n) is 1.32. The van der Waals surface area contributed by atoms with Gasteiger partial charge in [0.15, 0.2) is 6.61 Å². The number of para-hydroxylation sites is 1. The van der Waals surface area contributed by atoms with Crippen LogP contribution in [0.15, 0.2) is 48.5 Å². The number of nitrogens with one attached hydrogen (secondary N) is 1. The molecule has 4 nitrogen and oxygen atoms in total. The van der Waals surface area contributed by atoms with Crippen LogP contribution in [0.2, 0.25) is 5.15 Å². The molecule has 5 heteroatoms. The van der Waals surface area contributed by atoms with Gasteiger partial charge in [-0.15, -0.1) is 0 Å². The first-order chi connectivity index (χ1) is 8.74. The lowest BCUT2D eigenvalue weighted by molar-refractivity contribution is -0.118. The molecule has 2 rings (SSSR count). The van der Waals surface area contributed by atoms with E-state index in [1.54, 1.807) is 30.3 Å². The smallest absolute Gasteiger partial charge is 0.263 e. The van der Waals surface area contributed by atoms with Gasteiger partial charge in [0.2, 0.25) is 0 Å². The van der Waals surface area contributed by atoms with E-state index >= 15 is 0 Å². The van der Waals surface area contributed by atoms with E-state index in [9.17, 15) is 4.79 Å². The first-order valence-corrected chi connectivity index (χ1v) is 5.72. The minimum atomic E-state index is -0.284. The third-order valence-corrected chi connectivity index (χ3v) is 2.31. The van der Waals surface area contributed by atoms with E-state index in [1.807, 2.05) is 18.2 Å². The monoisotopic (exact) mass is 262 g/mol. The largest absolute Gasteiger partial charge is 0.484 e. The van der Waals surface area contributed by atoms with Crippen molar-refractivity contribution in [1.82, 2.24) is 4.98 Å². The Morgan fingerprint density at radius 3 is 2.67 bits per heavy atom.